The van der Waals surface area contributed by atoms with E-state index in [0.29, 0.717) is 23.5 Å². The van der Waals surface area contributed by atoms with Crippen LogP contribution in [0.3, 0.4) is 0 Å². The summed E-state index contributed by atoms with van der Waals surface area (Å²) in [6, 6.07) is 12.5. The van der Waals surface area contributed by atoms with E-state index in [-0.39, 0.29) is 11.9 Å². The van der Waals surface area contributed by atoms with Crippen LogP contribution in [-0.2, 0) is 6.42 Å². The lowest BCUT2D eigenvalue weighted by Crippen LogP contribution is -2.22. The third-order valence-corrected chi connectivity index (χ3v) is 3.28. The molecular weight excluding hydrogens is 253 g/mol. The summed E-state index contributed by atoms with van der Waals surface area (Å²) in [6.07, 6.45) is 1.28. The second-order valence-electron chi connectivity index (χ2n) is 5.01. The highest BCUT2D eigenvalue weighted by Gasteiger charge is 2.13. The molecule has 3 heteroatoms. The van der Waals surface area contributed by atoms with Crippen molar-refractivity contribution in [1.29, 1.82) is 0 Å². The molecule has 0 aliphatic carbocycles. The average Bonchev–Trinajstić information content (AvgIpc) is 2.42. The Labute approximate surface area is 119 Å². The fourth-order valence-electron chi connectivity index (χ4n) is 2.04. The maximum Gasteiger partial charge on any atom is 0.133 e. The van der Waals surface area contributed by atoms with Crippen LogP contribution in [0.1, 0.15) is 24.5 Å². The minimum atomic E-state index is -0.265. The number of hydrogen-bond donors (Lipinski definition) is 1. The zero-order chi connectivity index (χ0) is 14.5. The van der Waals surface area contributed by atoms with Gasteiger partial charge in [-0.2, -0.15) is 0 Å². The first-order valence-corrected chi connectivity index (χ1v) is 6.87. The summed E-state index contributed by atoms with van der Waals surface area (Å²) >= 11 is 0. The summed E-state index contributed by atoms with van der Waals surface area (Å²) in [5.74, 6) is 0.987. The number of benzene rings is 2. The van der Waals surface area contributed by atoms with Gasteiger partial charge in [0, 0.05) is 11.6 Å². The Balaban J connectivity index is 2.29. The van der Waals surface area contributed by atoms with Gasteiger partial charge < -0.3 is 10.5 Å². The number of halogens is 1. The van der Waals surface area contributed by atoms with Crippen LogP contribution in [0, 0.1) is 12.7 Å². The topological polar surface area (TPSA) is 35.2 Å². The third-order valence-electron chi connectivity index (χ3n) is 3.28. The number of ether oxygens (including phenoxy) is 1. The van der Waals surface area contributed by atoms with Crippen LogP contribution in [0.15, 0.2) is 42.5 Å². The van der Waals surface area contributed by atoms with Gasteiger partial charge in [-0.05, 0) is 49.6 Å². The lowest BCUT2D eigenvalue weighted by molar-refractivity contribution is 0.461. The van der Waals surface area contributed by atoms with Crippen molar-refractivity contribution in [2.24, 2.45) is 5.73 Å². The average molecular weight is 273 g/mol. The molecule has 1 atom stereocenters. The molecule has 0 aromatic heterocycles. The SMILES string of the molecule is CCC(N)Cc1c(F)cccc1Oc1cccc(C)c1. The van der Waals surface area contributed by atoms with E-state index in [1.54, 1.807) is 12.1 Å². The van der Waals surface area contributed by atoms with Crippen molar-refractivity contribution in [3.05, 3.63) is 59.4 Å². The molecule has 2 aromatic carbocycles. The Morgan fingerprint density at radius 2 is 1.95 bits per heavy atom. The molecule has 0 fully saturated rings. The van der Waals surface area contributed by atoms with Gasteiger partial charge in [-0.15, -0.1) is 0 Å². The van der Waals surface area contributed by atoms with Gasteiger partial charge >= 0.3 is 0 Å². The number of aryl methyl sites for hydroxylation is 1. The van der Waals surface area contributed by atoms with E-state index >= 15 is 0 Å². The lowest BCUT2D eigenvalue weighted by Gasteiger charge is -2.15. The zero-order valence-electron chi connectivity index (χ0n) is 11.9. The van der Waals surface area contributed by atoms with Gasteiger partial charge in [0.15, 0.2) is 0 Å². The van der Waals surface area contributed by atoms with Gasteiger partial charge in [0.1, 0.15) is 17.3 Å². The Kier molecular flexibility index (Phi) is 4.74. The van der Waals surface area contributed by atoms with Gasteiger partial charge in [0.2, 0.25) is 0 Å². The molecule has 0 spiro atoms. The first kappa shape index (κ1) is 14.5. The number of hydrogen-bond acceptors (Lipinski definition) is 2. The quantitative estimate of drug-likeness (QED) is 0.885. The van der Waals surface area contributed by atoms with E-state index in [1.807, 2.05) is 38.1 Å². The van der Waals surface area contributed by atoms with Crippen molar-refractivity contribution in [3.8, 4) is 11.5 Å². The van der Waals surface area contributed by atoms with Crippen molar-refractivity contribution in [3.63, 3.8) is 0 Å². The van der Waals surface area contributed by atoms with Crippen LogP contribution in [0.25, 0.3) is 0 Å². The maximum atomic E-state index is 14.0. The van der Waals surface area contributed by atoms with Crippen molar-refractivity contribution < 1.29 is 9.13 Å². The molecule has 0 amide bonds. The Hall–Kier alpha value is -1.87. The fourth-order valence-corrected chi connectivity index (χ4v) is 2.04. The molecule has 2 N–H and O–H groups in total. The molecule has 1 unspecified atom stereocenters. The minimum absolute atomic E-state index is 0.0632. The predicted octanol–water partition coefficient (Wildman–Crippen LogP) is 4.21. The van der Waals surface area contributed by atoms with Crippen LogP contribution in [0.5, 0.6) is 11.5 Å². The summed E-state index contributed by atoms with van der Waals surface area (Å²) in [4.78, 5) is 0. The van der Waals surface area contributed by atoms with Gasteiger partial charge in [-0.3, -0.25) is 0 Å². The summed E-state index contributed by atoms with van der Waals surface area (Å²) in [7, 11) is 0. The van der Waals surface area contributed by atoms with Gasteiger partial charge in [0.25, 0.3) is 0 Å². The summed E-state index contributed by atoms with van der Waals surface area (Å²) in [5.41, 5.74) is 7.59. The van der Waals surface area contributed by atoms with Crippen LogP contribution in [-0.4, -0.2) is 6.04 Å². The van der Waals surface area contributed by atoms with Crippen LogP contribution >= 0.6 is 0 Å². The number of nitrogens with two attached hydrogens (primary N) is 1. The first-order valence-electron chi connectivity index (χ1n) is 6.87. The molecule has 2 nitrogen and oxygen atoms in total. The van der Waals surface area contributed by atoms with Crippen molar-refractivity contribution in [1.82, 2.24) is 0 Å². The van der Waals surface area contributed by atoms with Crippen molar-refractivity contribution >= 4 is 0 Å². The Morgan fingerprint density at radius 1 is 1.20 bits per heavy atom. The van der Waals surface area contributed by atoms with Crippen molar-refractivity contribution in [2.45, 2.75) is 32.7 Å². The summed E-state index contributed by atoms with van der Waals surface area (Å²) in [6.45, 7) is 3.99. The van der Waals surface area contributed by atoms with Gasteiger partial charge in [-0.25, -0.2) is 4.39 Å². The zero-order valence-corrected chi connectivity index (χ0v) is 11.9. The first-order chi connectivity index (χ1) is 9.60. The van der Waals surface area contributed by atoms with Crippen LogP contribution in [0.2, 0.25) is 0 Å². The lowest BCUT2D eigenvalue weighted by atomic mass is 10.0. The fraction of sp³-hybridized carbons (Fsp3) is 0.294. The molecule has 0 saturated carbocycles. The molecule has 0 radical (unpaired) electrons. The highest BCUT2D eigenvalue weighted by molar-refractivity contribution is 5.40. The molecular formula is C17H20FNO. The van der Waals surface area contributed by atoms with E-state index < -0.39 is 0 Å². The highest BCUT2D eigenvalue weighted by Crippen LogP contribution is 2.28. The third kappa shape index (κ3) is 3.58. The number of rotatable bonds is 5. The molecule has 0 heterocycles. The Morgan fingerprint density at radius 3 is 2.65 bits per heavy atom. The molecule has 0 aliphatic heterocycles. The molecule has 0 bridgehead atoms. The maximum absolute atomic E-state index is 14.0. The Bertz CT molecular complexity index is 583. The molecule has 20 heavy (non-hydrogen) atoms. The van der Waals surface area contributed by atoms with Crippen LogP contribution in [0.4, 0.5) is 4.39 Å². The van der Waals surface area contributed by atoms with E-state index in [4.69, 9.17) is 10.5 Å². The molecule has 0 aliphatic rings. The standard InChI is InChI=1S/C17H20FNO/c1-3-13(19)11-15-16(18)8-5-9-17(15)20-14-7-4-6-12(2)10-14/h4-10,13H,3,11,19H2,1-2H3. The largest absolute Gasteiger partial charge is 0.457 e. The van der Waals surface area contributed by atoms with Gasteiger partial charge in [-0.1, -0.05) is 25.1 Å². The van der Waals surface area contributed by atoms with Gasteiger partial charge in [0.05, 0.1) is 0 Å². The minimum Gasteiger partial charge on any atom is -0.457 e. The monoisotopic (exact) mass is 273 g/mol. The van der Waals surface area contributed by atoms with E-state index in [1.165, 1.54) is 6.07 Å². The van der Waals surface area contributed by atoms with Crippen LogP contribution < -0.4 is 10.5 Å². The second-order valence-corrected chi connectivity index (χ2v) is 5.01. The molecule has 106 valence electrons. The molecule has 2 aromatic rings. The second kappa shape index (κ2) is 6.53. The summed E-state index contributed by atoms with van der Waals surface area (Å²) in [5, 5.41) is 0. The molecule has 2 rings (SSSR count). The normalized spacial score (nSPS) is 12.2. The van der Waals surface area contributed by atoms with Crippen molar-refractivity contribution in [2.75, 3.05) is 0 Å². The van der Waals surface area contributed by atoms with E-state index in [2.05, 4.69) is 0 Å². The summed E-state index contributed by atoms with van der Waals surface area (Å²) < 4.78 is 19.8. The molecule has 0 saturated heterocycles. The highest BCUT2D eigenvalue weighted by atomic mass is 19.1. The smallest absolute Gasteiger partial charge is 0.133 e. The van der Waals surface area contributed by atoms with E-state index in [0.717, 1.165) is 12.0 Å². The predicted molar refractivity (Wildman–Crippen MR) is 79.6 cm³/mol. The van der Waals surface area contributed by atoms with E-state index in [9.17, 15) is 4.39 Å².